The van der Waals surface area contributed by atoms with Crippen LogP contribution in [-0.4, -0.2) is 17.3 Å². The molecule has 0 saturated heterocycles. The number of anilines is 2. The minimum atomic E-state index is -0.505. The van der Waals surface area contributed by atoms with Crippen molar-refractivity contribution in [2.45, 2.75) is 31.8 Å². The molecule has 0 unspecified atom stereocenters. The largest absolute Gasteiger partial charge is 0.398 e. The lowest BCUT2D eigenvalue weighted by molar-refractivity contribution is -0.0202. The monoisotopic (exact) mass is 284 g/mol. The maximum Gasteiger partial charge on any atom is 0.0819 e. The Morgan fingerprint density at radius 3 is 2.75 bits per heavy atom. The van der Waals surface area contributed by atoms with Gasteiger partial charge in [0.1, 0.15) is 0 Å². The van der Waals surface area contributed by atoms with Crippen LogP contribution in [0.1, 0.15) is 24.8 Å². The summed E-state index contributed by atoms with van der Waals surface area (Å²) in [6.07, 6.45) is 2.91. The first-order valence-electron chi connectivity index (χ1n) is 5.52. The Labute approximate surface area is 104 Å². The molecular weight excluding hydrogens is 268 g/mol. The van der Waals surface area contributed by atoms with E-state index < -0.39 is 5.60 Å². The van der Waals surface area contributed by atoms with Crippen LogP contribution in [0.25, 0.3) is 0 Å². The Balaban J connectivity index is 2.06. The third-order valence-electron chi connectivity index (χ3n) is 3.25. The molecule has 4 N–H and O–H groups in total. The number of nitrogens with one attached hydrogen (secondary N) is 1. The number of halogens is 1. The van der Waals surface area contributed by atoms with Gasteiger partial charge in [0.2, 0.25) is 0 Å². The van der Waals surface area contributed by atoms with Crippen LogP contribution in [0.5, 0.6) is 0 Å². The van der Waals surface area contributed by atoms with Gasteiger partial charge in [-0.1, -0.05) is 0 Å². The molecule has 1 aliphatic rings. The molecule has 2 rings (SSSR count). The van der Waals surface area contributed by atoms with Gasteiger partial charge in [-0.15, -0.1) is 0 Å². The van der Waals surface area contributed by atoms with Crippen LogP contribution in [-0.2, 0) is 0 Å². The quantitative estimate of drug-likeness (QED) is 0.748. The lowest BCUT2D eigenvalue weighted by Crippen LogP contribution is -2.43. The second-order valence-corrected chi connectivity index (χ2v) is 5.47. The molecular formula is C12H17BrN2O. The van der Waals surface area contributed by atoms with E-state index in [2.05, 4.69) is 21.2 Å². The molecule has 16 heavy (non-hydrogen) atoms. The van der Waals surface area contributed by atoms with Gasteiger partial charge in [0.25, 0.3) is 0 Å². The van der Waals surface area contributed by atoms with E-state index in [9.17, 15) is 5.11 Å². The van der Waals surface area contributed by atoms with E-state index in [0.29, 0.717) is 6.54 Å². The highest BCUT2D eigenvalue weighted by Gasteiger charge is 2.34. The van der Waals surface area contributed by atoms with Crippen molar-refractivity contribution in [2.75, 3.05) is 17.6 Å². The number of hydrogen-bond acceptors (Lipinski definition) is 3. The van der Waals surface area contributed by atoms with Gasteiger partial charge in [0, 0.05) is 22.4 Å². The van der Waals surface area contributed by atoms with Crippen molar-refractivity contribution in [2.24, 2.45) is 0 Å². The first-order valence-corrected chi connectivity index (χ1v) is 6.31. The van der Waals surface area contributed by atoms with Gasteiger partial charge in [-0.3, -0.25) is 0 Å². The van der Waals surface area contributed by atoms with E-state index in [4.69, 9.17) is 5.73 Å². The second-order valence-electron chi connectivity index (χ2n) is 4.62. The summed E-state index contributed by atoms with van der Waals surface area (Å²) in [6.45, 7) is 2.58. The van der Waals surface area contributed by atoms with E-state index in [1.165, 1.54) is 0 Å². The van der Waals surface area contributed by atoms with E-state index >= 15 is 0 Å². The SMILES string of the molecule is Cc1cc(NCC2(O)CCC2)c(Br)cc1N. The van der Waals surface area contributed by atoms with Crippen molar-refractivity contribution in [3.8, 4) is 0 Å². The predicted molar refractivity (Wildman–Crippen MR) is 70.6 cm³/mol. The van der Waals surface area contributed by atoms with Gasteiger partial charge in [-0.05, 0) is 59.8 Å². The molecule has 0 bridgehead atoms. The fraction of sp³-hybridized carbons (Fsp3) is 0.500. The average Bonchev–Trinajstić information content (AvgIpc) is 2.19. The van der Waals surface area contributed by atoms with Crippen LogP contribution in [0, 0.1) is 6.92 Å². The molecule has 0 heterocycles. The zero-order valence-corrected chi connectivity index (χ0v) is 11.0. The van der Waals surface area contributed by atoms with Crippen LogP contribution >= 0.6 is 15.9 Å². The van der Waals surface area contributed by atoms with E-state index in [-0.39, 0.29) is 0 Å². The fourth-order valence-electron chi connectivity index (χ4n) is 1.85. The second kappa shape index (κ2) is 4.26. The average molecular weight is 285 g/mol. The Bertz CT molecular complexity index is 402. The molecule has 1 saturated carbocycles. The predicted octanol–water partition coefficient (Wildman–Crippen LogP) is 2.67. The Morgan fingerprint density at radius 1 is 1.50 bits per heavy atom. The summed E-state index contributed by atoms with van der Waals surface area (Å²) in [7, 11) is 0. The number of rotatable bonds is 3. The Hall–Kier alpha value is -0.740. The Morgan fingerprint density at radius 2 is 2.19 bits per heavy atom. The van der Waals surface area contributed by atoms with Crippen LogP contribution in [0.3, 0.4) is 0 Å². The number of hydrogen-bond donors (Lipinski definition) is 3. The van der Waals surface area contributed by atoms with Crippen molar-refractivity contribution < 1.29 is 5.11 Å². The highest BCUT2D eigenvalue weighted by atomic mass is 79.9. The molecule has 4 heteroatoms. The topological polar surface area (TPSA) is 58.3 Å². The highest BCUT2D eigenvalue weighted by molar-refractivity contribution is 9.10. The summed E-state index contributed by atoms with van der Waals surface area (Å²) in [6, 6.07) is 3.89. The summed E-state index contributed by atoms with van der Waals surface area (Å²) < 4.78 is 0.943. The minimum absolute atomic E-state index is 0.505. The third kappa shape index (κ3) is 2.33. The Kier molecular flexibility index (Phi) is 3.13. The van der Waals surface area contributed by atoms with Crippen molar-refractivity contribution in [1.29, 1.82) is 0 Å². The van der Waals surface area contributed by atoms with Gasteiger partial charge in [0.15, 0.2) is 0 Å². The van der Waals surface area contributed by atoms with Crippen LogP contribution in [0.4, 0.5) is 11.4 Å². The lowest BCUT2D eigenvalue weighted by atomic mass is 9.80. The minimum Gasteiger partial charge on any atom is -0.398 e. The standard InChI is InChI=1S/C12H17BrN2O/c1-8-5-11(9(13)6-10(8)14)15-7-12(16)3-2-4-12/h5-6,15-16H,2-4,7,14H2,1H3. The summed E-state index contributed by atoms with van der Waals surface area (Å²) >= 11 is 3.46. The van der Waals surface area contributed by atoms with Gasteiger partial charge in [-0.2, -0.15) is 0 Å². The van der Waals surface area contributed by atoms with Crippen molar-refractivity contribution in [3.63, 3.8) is 0 Å². The van der Waals surface area contributed by atoms with Gasteiger partial charge in [-0.25, -0.2) is 0 Å². The van der Waals surface area contributed by atoms with Gasteiger partial charge < -0.3 is 16.2 Å². The molecule has 0 atom stereocenters. The van der Waals surface area contributed by atoms with E-state index in [1.54, 1.807) is 0 Å². The van der Waals surface area contributed by atoms with Gasteiger partial charge in [0.05, 0.1) is 5.60 Å². The summed E-state index contributed by atoms with van der Waals surface area (Å²) in [5.74, 6) is 0. The normalized spacial score (nSPS) is 17.9. The summed E-state index contributed by atoms with van der Waals surface area (Å²) in [5.41, 5.74) is 8.11. The maximum absolute atomic E-state index is 9.98. The summed E-state index contributed by atoms with van der Waals surface area (Å²) in [5, 5.41) is 13.3. The molecule has 0 amide bonds. The molecule has 1 aromatic rings. The van der Waals surface area contributed by atoms with Gasteiger partial charge >= 0.3 is 0 Å². The number of benzene rings is 1. The molecule has 1 fully saturated rings. The first-order chi connectivity index (χ1) is 7.50. The zero-order valence-electron chi connectivity index (χ0n) is 9.39. The third-order valence-corrected chi connectivity index (χ3v) is 3.90. The number of aryl methyl sites for hydroxylation is 1. The molecule has 0 aromatic heterocycles. The van der Waals surface area contributed by atoms with Crippen molar-refractivity contribution in [1.82, 2.24) is 0 Å². The highest BCUT2D eigenvalue weighted by Crippen LogP contribution is 2.33. The maximum atomic E-state index is 9.98. The fourth-order valence-corrected chi connectivity index (χ4v) is 2.36. The number of nitrogens with two attached hydrogens (primary N) is 1. The lowest BCUT2D eigenvalue weighted by Gasteiger charge is -2.37. The van der Waals surface area contributed by atoms with Crippen LogP contribution in [0.2, 0.25) is 0 Å². The molecule has 0 spiro atoms. The number of aliphatic hydroxyl groups is 1. The first kappa shape index (κ1) is 11.7. The molecule has 88 valence electrons. The number of nitrogen functional groups attached to an aromatic ring is 1. The summed E-state index contributed by atoms with van der Waals surface area (Å²) in [4.78, 5) is 0. The molecule has 0 aliphatic heterocycles. The van der Waals surface area contributed by atoms with Crippen LogP contribution < -0.4 is 11.1 Å². The van der Waals surface area contributed by atoms with E-state index in [0.717, 1.165) is 40.7 Å². The van der Waals surface area contributed by atoms with Crippen molar-refractivity contribution in [3.05, 3.63) is 22.2 Å². The van der Waals surface area contributed by atoms with Crippen molar-refractivity contribution >= 4 is 27.3 Å². The molecule has 3 nitrogen and oxygen atoms in total. The smallest absolute Gasteiger partial charge is 0.0819 e. The zero-order chi connectivity index (χ0) is 11.8. The van der Waals surface area contributed by atoms with Crippen LogP contribution in [0.15, 0.2) is 16.6 Å². The van der Waals surface area contributed by atoms with E-state index in [1.807, 2.05) is 19.1 Å². The molecule has 1 aromatic carbocycles. The molecule has 1 aliphatic carbocycles. The molecule has 0 radical (unpaired) electrons.